The number of para-hydroxylation sites is 1. The Morgan fingerprint density at radius 1 is 0.909 bits per heavy atom. The quantitative estimate of drug-likeness (QED) is 0.301. The van der Waals surface area contributed by atoms with Crippen molar-refractivity contribution >= 4 is 45.2 Å². The Morgan fingerprint density at radius 2 is 1.67 bits per heavy atom. The summed E-state index contributed by atoms with van der Waals surface area (Å²) in [6, 6.07) is 24.3. The number of benzene rings is 3. The molecule has 0 saturated carbocycles. The molecule has 0 unspecified atom stereocenters. The Labute approximate surface area is 194 Å². The summed E-state index contributed by atoms with van der Waals surface area (Å²) in [7, 11) is 0. The zero-order valence-corrected chi connectivity index (χ0v) is 18.7. The number of anilines is 1. The van der Waals surface area contributed by atoms with Crippen molar-refractivity contribution in [1.29, 1.82) is 0 Å². The highest BCUT2D eigenvalue weighted by Crippen LogP contribution is 2.24. The summed E-state index contributed by atoms with van der Waals surface area (Å²) in [4.78, 5) is 35.1. The smallest absolute Gasteiger partial charge is 0.266 e. The van der Waals surface area contributed by atoms with Gasteiger partial charge in [0, 0.05) is 11.6 Å². The van der Waals surface area contributed by atoms with E-state index in [1.807, 2.05) is 79.7 Å². The largest absolute Gasteiger partial charge is 0.325 e. The standard InChI is InChI=1S/C26H20N4O2S/c1-17-11-13-18(14-12-17)30-25(32)20-6-2-3-8-23(20)29-26(30)33-16-24(31)28-22-10-4-9-21-19(22)7-5-15-27-21/h2-15H,16H2,1H3,(H,28,31). The minimum Gasteiger partial charge on any atom is -0.325 e. The first-order valence-corrected chi connectivity index (χ1v) is 11.4. The Bertz CT molecular complexity index is 1540. The Morgan fingerprint density at radius 3 is 2.52 bits per heavy atom. The molecule has 0 bridgehead atoms. The van der Waals surface area contributed by atoms with Crippen molar-refractivity contribution in [3.8, 4) is 5.69 Å². The maximum Gasteiger partial charge on any atom is 0.266 e. The summed E-state index contributed by atoms with van der Waals surface area (Å²) in [5, 5.41) is 4.84. The molecular formula is C26H20N4O2S. The Hall–Kier alpha value is -3.97. The van der Waals surface area contributed by atoms with Gasteiger partial charge < -0.3 is 5.32 Å². The first kappa shape index (κ1) is 20.9. The van der Waals surface area contributed by atoms with E-state index in [-0.39, 0.29) is 17.2 Å². The van der Waals surface area contributed by atoms with E-state index in [1.165, 1.54) is 11.8 Å². The molecule has 0 radical (unpaired) electrons. The average molecular weight is 453 g/mol. The molecule has 33 heavy (non-hydrogen) atoms. The second-order valence-corrected chi connectivity index (χ2v) is 8.54. The lowest BCUT2D eigenvalue weighted by Gasteiger charge is -2.14. The first-order valence-electron chi connectivity index (χ1n) is 10.5. The molecule has 0 aliphatic carbocycles. The lowest BCUT2D eigenvalue weighted by molar-refractivity contribution is -0.113. The van der Waals surface area contributed by atoms with Gasteiger partial charge in [0.1, 0.15) is 0 Å². The van der Waals surface area contributed by atoms with Crippen LogP contribution in [0.1, 0.15) is 5.56 Å². The summed E-state index contributed by atoms with van der Waals surface area (Å²) in [5.41, 5.74) is 3.77. The van der Waals surface area contributed by atoms with E-state index in [0.717, 1.165) is 16.5 Å². The Kier molecular flexibility index (Phi) is 5.62. The van der Waals surface area contributed by atoms with Gasteiger partial charge in [-0.1, -0.05) is 47.7 Å². The fourth-order valence-corrected chi connectivity index (χ4v) is 4.47. The second-order valence-electron chi connectivity index (χ2n) is 7.60. The second kappa shape index (κ2) is 8.88. The van der Waals surface area contributed by atoms with Gasteiger partial charge in [-0.2, -0.15) is 0 Å². The van der Waals surface area contributed by atoms with E-state index in [1.54, 1.807) is 16.8 Å². The van der Waals surface area contributed by atoms with E-state index in [0.29, 0.717) is 27.4 Å². The number of rotatable bonds is 5. The van der Waals surface area contributed by atoms with Crippen LogP contribution in [0, 0.1) is 6.92 Å². The number of amides is 1. The number of thioether (sulfide) groups is 1. The van der Waals surface area contributed by atoms with Gasteiger partial charge in [-0.05, 0) is 55.5 Å². The molecule has 162 valence electrons. The number of pyridine rings is 1. The lowest BCUT2D eigenvalue weighted by Crippen LogP contribution is -2.23. The monoisotopic (exact) mass is 452 g/mol. The van der Waals surface area contributed by atoms with Crippen LogP contribution in [-0.2, 0) is 4.79 Å². The van der Waals surface area contributed by atoms with Crippen molar-refractivity contribution in [3.05, 3.63) is 101 Å². The van der Waals surface area contributed by atoms with E-state index in [2.05, 4.69) is 10.3 Å². The van der Waals surface area contributed by atoms with E-state index in [9.17, 15) is 9.59 Å². The normalized spacial score (nSPS) is 11.1. The minimum atomic E-state index is -0.186. The number of carbonyl (C=O) groups is 1. The zero-order valence-electron chi connectivity index (χ0n) is 17.9. The molecule has 1 N–H and O–H groups in total. The molecule has 7 heteroatoms. The van der Waals surface area contributed by atoms with Gasteiger partial charge in [0.25, 0.3) is 5.56 Å². The van der Waals surface area contributed by atoms with Crippen LogP contribution < -0.4 is 10.9 Å². The van der Waals surface area contributed by atoms with Crippen molar-refractivity contribution in [2.45, 2.75) is 12.1 Å². The lowest BCUT2D eigenvalue weighted by atomic mass is 10.2. The molecule has 0 aliphatic heterocycles. The summed E-state index contributed by atoms with van der Waals surface area (Å²) < 4.78 is 1.57. The van der Waals surface area contributed by atoms with Crippen LogP contribution in [0.5, 0.6) is 0 Å². The van der Waals surface area contributed by atoms with Crippen molar-refractivity contribution in [2.24, 2.45) is 0 Å². The molecule has 5 rings (SSSR count). The van der Waals surface area contributed by atoms with Gasteiger partial charge in [0.2, 0.25) is 5.91 Å². The van der Waals surface area contributed by atoms with Gasteiger partial charge in [-0.15, -0.1) is 0 Å². The predicted molar refractivity (Wildman–Crippen MR) is 133 cm³/mol. The molecule has 3 aromatic carbocycles. The molecule has 0 aliphatic rings. The number of hydrogen-bond donors (Lipinski definition) is 1. The van der Waals surface area contributed by atoms with Gasteiger partial charge in [0.15, 0.2) is 5.16 Å². The number of aromatic nitrogens is 3. The first-order chi connectivity index (χ1) is 16.1. The molecule has 6 nitrogen and oxygen atoms in total. The molecule has 2 heterocycles. The fraction of sp³-hybridized carbons (Fsp3) is 0.0769. The minimum absolute atomic E-state index is 0.104. The molecule has 0 fully saturated rings. The maximum absolute atomic E-state index is 13.3. The average Bonchev–Trinajstić information content (AvgIpc) is 2.84. The zero-order chi connectivity index (χ0) is 22.8. The van der Waals surface area contributed by atoms with E-state index >= 15 is 0 Å². The number of aryl methyl sites for hydroxylation is 1. The number of nitrogens with one attached hydrogen (secondary N) is 1. The summed E-state index contributed by atoms with van der Waals surface area (Å²) in [6.45, 7) is 1.99. The van der Waals surface area contributed by atoms with Crippen LogP contribution in [0.3, 0.4) is 0 Å². The molecule has 0 saturated heterocycles. The Balaban J connectivity index is 1.47. The number of hydrogen-bond acceptors (Lipinski definition) is 5. The van der Waals surface area contributed by atoms with Gasteiger partial charge in [-0.25, -0.2) is 4.98 Å². The van der Waals surface area contributed by atoms with Gasteiger partial charge in [-0.3, -0.25) is 19.1 Å². The van der Waals surface area contributed by atoms with E-state index < -0.39 is 0 Å². The third-order valence-electron chi connectivity index (χ3n) is 5.29. The molecule has 0 spiro atoms. The van der Waals surface area contributed by atoms with Gasteiger partial charge >= 0.3 is 0 Å². The van der Waals surface area contributed by atoms with Crippen LogP contribution >= 0.6 is 11.8 Å². The molecular weight excluding hydrogens is 432 g/mol. The van der Waals surface area contributed by atoms with Crippen LogP contribution in [0.2, 0.25) is 0 Å². The molecule has 1 amide bonds. The molecule has 5 aromatic rings. The van der Waals surface area contributed by atoms with Crippen LogP contribution in [-0.4, -0.2) is 26.2 Å². The molecule has 0 atom stereocenters. The maximum atomic E-state index is 13.3. The third kappa shape index (κ3) is 4.23. The highest BCUT2D eigenvalue weighted by atomic mass is 32.2. The van der Waals surface area contributed by atoms with Crippen LogP contribution in [0.4, 0.5) is 5.69 Å². The molecule has 2 aromatic heterocycles. The summed E-state index contributed by atoms with van der Waals surface area (Å²) in [5.74, 6) is -0.0815. The summed E-state index contributed by atoms with van der Waals surface area (Å²) in [6.07, 6.45) is 1.72. The SMILES string of the molecule is Cc1ccc(-n2c(SCC(=O)Nc3cccc4ncccc34)nc3ccccc3c2=O)cc1. The highest BCUT2D eigenvalue weighted by molar-refractivity contribution is 7.99. The van der Waals surface area contributed by atoms with Crippen LogP contribution in [0.25, 0.3) is 27.5 Å². The summed E-state index contributed by atoms with van der Waals surface area (Å²) >= 11 is 1.23. The number of fused-ring (bicyclic) bond motifs is 2. The third-order valence-corrected chi connectivity index (χ3v) is 6.23. The fourth-order valence-electron chi connectivity index (χ4n) is 3.66. The highest BCUT2D eigenvalue weighted by Gasteiger charge is 2.15. The van der Waals surface area contributed by atoms with Gasteiger partial charge in [0.05, 0.1) is 33.5 Å². The number of carbonyl (C=O) groups excluding carboxylic acids is 1. The predicted octanol–water partition coefficient (Wildman–Crippen LogP) is 4.97. The van der Waals surface area contributed by atoms with Crippen molar-refractivity contribution in [1.82, 2.24) is 14.5 Å². The number of nitrogens with zero attached hydrogens (tertiary/aromatic N) is 3. The van der Waals surface area contributed by atoms with Crippen molar-refractivity contribution in [2.75, 3.05) is 11.1 Å². The van der Waals surface area contributed by atoms with Crippen molar-refractivity contribution < 1.29 is 4.79 Å². The van der Waals surface area contributed by atoms with Crippen LogP contribution in [0.15, 0.2) is 95.0 Å². The van der Waals surface area contributed by atoms with Crippen molar-refractivity contribution in [3.63, 3.8) is 0 Å². The van der Waals surface area contributed by atoms with E-state index in [4.69, 9.17) is 4.98 Å². The topological polar surface area (TPSA) is 76.9 Å².